The van der Waals surface area contributed by atoms with Gasteiger partial charge in [-0.1, -0.05) is 42.5 Å². The molecule has 0 atom stereocenters. The van der Waals surface area contributed by atoms with Gasteiger partial charge in [-0.3, -0.25) is 9.69 Å². The first-order chi connectivity index (χ1) is 12.8. The Morgan fingerprint density at radius 1 is 1.04 bits per heavy atom. The zero-order valence-electron chi connectivity index (χ0n) is 14.9. The van der Waals surface area contributed by atoms with Crippen molar-refractivity contribution in [3.8, 4) is 0 Å². The number of hydrogen-bond acceptors (Lipinski definition) is 2. The number of H-pyrrole nitrogens is 1. The first-order valence-electron chi connectivity index (χ1n) is 9.38. The molecule has 0 bridgehead atoms. The molecule has 1 saturated heterocycles. The Kier molecular flexibility index (Phi) is 5.02. The summed E-state index contributed by atoms with van der Waals surface area (Å²) in [6, 6.07) is 19.1. The normalized spacial score (nSPS) is 16.0. The highest BCUT2D eigenvalue weighted by Gasteiger charge is 2.20. The fourth-order valence-corrected chi connectivity index (χ4v) is 3.75. The fraction of sp³-hybridized carbons (Fsp3) is 0.318. The fourth-order valence-electron chi connectivity index (χ4n) is 3.75. The highest BCUT2D eigenvalue weighted by atomic mass is 16.1. The zero-order chi connectivity index (χ0) is 17.8. The highest BCUT2D eigenvalue weighted by Crippen LogP contribution is 2.16. The number of amides is 1. The standard InChI is InChI=1S/C22H25N3O/c26-22(15-18-6-7-19-8-11-23-21(19)14-18)24-20-9-12-25(13-10-20)16-17-4-2-1-3-5-17/h1-8,11,14,20,23H,9-10,12-13,15-16H2,(H,24,26). The van der Waals surface area contributed by atoms with Crippen molar-refractivity contribution in [1.29, 1.82) is 0 Å². The van der Waals surface area contributed by atoms with E-state index in [0.29, 0.717) is 12.5 Å². The van der Waals surface area contributed by atoms with Crippen LogP contribution in [0.5, 0.6) is 0 Å². The summed E-state index contributed by atoms with van der Waals surface area (Å²) in [6.45, 7) is 3.07. The third kappa shape index (κ3) is 4.14. The van der Waals surface area contributed by atoms with E-state index in [1.807, 2.05) is 18.3 Å². The van der Waals surface area contributed by atoms with Crippen molar-refractivity contribution in [2.24, 2.45) is 0 Å². The van der Waals surface area contributed by atoms with Crippen molar-refractivity contribution < 1.29 is 4.79 Å². The maximum absolute atomic E-state index is 12.4. The Morgan fingerprint density at radius 3 is 2.65 bits per heavy atom. The molecule has 2 heterocycles. The lowest BCUT2D eigenvalue weighted by molar-refractivity contribution is -0.121. The van der Waals surface area contributed by atoms with Gasteiger partial charge in [0.15, 0.2) is 0 Å². The van der Waals surface area contributed by atoms with Crippen molar-refractivity contribution >= 4 is 16.8 Å². The molecule has 0 spiro atoms. The van der Waals surface area contributed by atoms with Crippen molar-refractivity contribution in [2.75, 3.05) is 13.1 Å². The summed E-state index contributed by atoms with van der Waals surface area (Å²) >= 11 is 0. The summed E-state index contributed by atoms with van der Waals surface area (Å²) in [5.74, 6) is 0.123. The van der Waals surface area contributed by atoms with E-state index in [0.717, 1.165) is 43.6 Å². The number of rotatable bonds is 5. The van der Waals surface area contributed by atoms with Gasteiger partial charge in [-0.15, -0.1) is 0 Å². The topological polar surface area (TPSA) is 48.1 Å². The number of aromatic amines is 1. The zero-order valence-corrected chi connectivity index (χ0v) is 14.9. The van der Waals surface area contributed by atoms with Crippen molar-refractivity contribution in [1.82, 2.24) is 15.2 Å². The van der Waals surface area contributed by atoms with E-state index >= 15 is 0 Å². The number of carbonyl (C=O) groups excluding carboxylic acids is 1. The van der Waals surface area contributed by atoms with E-state index in [1.165, 1.54) is 10.9 Å². The largest absolute Gasteiger partial charge is 0.361 e. The number of hydrogen-bond donors (Lipinski definition) is 2. The molecule has 4 rings (SSSR count). The van der Waals surface area contributed by atoms with Gasteiger partial charge in [-0.2, -0.15) is 0 Å². The summed E-state index contributed by atoms with van der Waals surface area (Å²) < 4.78 is 0. The Morgan fingerprint density at radius 2 is 1.85 bits per heavy atom. The lowest BCUT2D eigenvalue weighted by Gasteiger charge is -2.32. The molecule has 4 nitrogen and oxygen atoms in total. The van der Waals surface area contributed by atoms with Gasteiger partial charge in [0.2, 0.25) is 5.91 Å². The maximum Gasteiger partial charge on any atom is 0.224 e. The average Bonchev–Trinajstić information content (AvgIpc) is 3.12. The van der Waals surface area contributed by atoms with Gasteiger partial charge in [-0.05, 0) is 41.5 Å². The minimum atomic E-state index is 0.123. The van der Waals surface area contributed by atoms with Crippen molar-refractivity contribution in [3.05, 3.63) is 71.9 Å². The van der Waals surface area contributed by atoms with Crippen LogP contribution in [-0.4, -0.2) is 34.9 Å². The maximum atomic E-state index is 12.4. The number of nitrogens with one attached hydrogen (secondary N) is 2. The second kappa shape index (κ2) is 7.75. The van der Waals surface area contributed by atoms with E-state index in [4.69, 9.17) is 0 Å². The van der Waals surface area contributed by atoms with Crippen LogP contribution < -0.4 is 5.32 Å². The van der Waals surface area contributed by atoms with Gasteiger partial charge in [0, 0.05) is 37.4 Å². The Balaban J connectivity index is 1.25. The molecule has 0 aliphatic carbocycles. The van der Waals surface area contributed by atoms with Crippen LogP contribution in [0.15, 0.2) is 60.8 Å². The van der Waals surface area contributed by atoms with Crippen LogP contribution in [-0.2, 0) is 17.8 Å². The van der Waals surface area contributed by atoms with E-state index in [2.05, 4.69) is 57.7 Å². The SMILES string of the molecule is O=C(Cc1ccc2cc[nH]c2c1)NC1CCN(Cc2ccccc2)CC1. The monoisotopic (exact) mass is 347 g/mol. The van der Waals surface area contributed by atoms with Crippen LogP contribution >= 0.6 is 0 Å². The predicted octanol–water partition coefficient (Wildman–Crippen LogP) is 3.49. The third-order valence-electron chi connectivity index (χ3n) is 5.19. The smallest absolute Gasteiger partial charge is 0.224 e. The summed E-state index contributed by atoms with van der Waals surface area (Å²) in [5.41, 5.74) is 3.50. The first kappa shape index (κ1) is 16.9. The van der Waals surface area contributed by atoms with Crippen LogP contribution in [0.2, 0.25) is 0 Å². The number of fused-ring (bicyclic) bond motifs is 1. The summed E-state index contributed by atoms with van der Waals surface area (Å²) in [4.78, 5) is 18.1. The van der Waals surface area contributed by atoms with Crippen molar-refractivity contribution in [2.45, 2.75) is 31.8 Å². The third-order valence-corrected chi connectivity index (χ3v) is 5.19. The first-order valence-corrected chi connectivity index (χ1v) is 9.38. The van der Waals surface area contributed by atoms with Gasteiger partial charge in [0.05, 0.1) is 6.42 Å². The molecule has 1 amide bonds. The molecule has 1 aliphatic rings. The molecule has 26 heavy (non-hydrogen) atoms. The number of likely N-dealkylation sites (tertiary alicyclic amines) is 1. The molecule has 2 N–H and O–H groups in total. The van der Waals surface area contributed by atoms with Gasteiger partial charge in [0.1, 0.15) is 0 Å². The summed E-state index contributed by atoms with van der Waals surface area (Å²) in [6.07, 6.45) is 4.42. The molecule has 1 aliphatic heterocycles. The van der Waals surface area contributed by atoms with Crippen LogP contribution in [0.4, 0.5) is 0 Å². The average molecular weight is 347 g/mol. The molecule has 1 fully saturated rings. The number of benzene rings is 2. The molecule has 0 unspecified atom stereocenters. The lowest BCUT2D eigenvalue weighted by atomic mass is 10.0. The van der Waals surface area contributed by atoms with Gasteiger partial charge < -0.3 is 10.3 Å². The highest BCUT2D eigenvalue weighted by molar-refractivity contribution is 5.83. The van der Waals surface area contributed by atoms with Crippen LogP contribution in [0.3, 0.4) is 0 Å². The quantitative estimate of drug-likeness (QED) is 0.742. The molecular weight excluding hydrogens is 322 g/mol. The predicted molar refractivity (Wildman–Crippen MR) is 105 cm³/mol. The number of aromatic nitrogens is 1. The second-order valence-corrected chi connectivity index (χ2v) is 7.18. The molecule has 1 aromatic heterocycles. The Bertz CT molecular complexity index is 863. The lowest BCUT2D eigenvalue weighted by Crippen LogP contribution is -2.44. The number of piperidine rings is 1. The molecular formula is C22H25N3O. The summed E-state index contributed by atoms with van der Waals surface area (Å²) in [7, 11) is 0. The van der Waals surface area contributed by atoms with E-state index in [9.17, 15) is 4.79 Å². The van der Waals surface area contributed by atoms with Gasteiger partial charge in [0.25, 0.3) is 0 Å². The molecule has 3 aromatic rings. The minimum Gasteiger partial charge on any atom is -0.361 e. The van der Waals surface area contributed by atoms with E-state index in [-0.39, 0.29) is 5.91 Å². The molecule has 0 saturated carbocycles. The van der Waals surface area contributed by atoms with Crippen LogP contribution in [0, 0.1) is 0 Å². The van der Waals surface area contributed by atoms with Crippen molar-refractivity contribution in [3.63, 3.8) is 0 Å². The Hall–Kier alpha value is -2.59. The van der Waals surface area contributed by atoms with Gasteiger partial charge in [-0.25, -0.2) is 0 Å². The Labute approximate surface area is 154 Å². The van der Waals surface area contributed by atoms with E-state index < -0.39 is 0 Å². The summed E-state index contributed by atoms with van der Waals surface area (Å²) in [5, 5.41) is 4.40. The molecule has 4 heteroatoms. The van der Waals surface area contributed by atoms with Crippen LogP contribution in [0.1, 0.15) is 24.0 Å². The molecule has 134 valence electrons. The van der Waals surface area contributed by atoms with Crippen LogP contribution in [0.25, 0.3) is 10.9 Å². The van der Waals surface area contributed by atoms with Gasteiger partial charge >= 0.3 is 0 Å². The number of carbonyl (C=O) groups is 1. The minimum absolute atomic E-state index is 0.123. The second-order valence-electron chi connectivity index (χ2n) is 7.18. The molecule has 0 radical (unpaired) electrons. The number of nitrogens with zero attached hydrogens (tertiary/aromatic N) is 1. The molecule has 2 aromatic carbocycles. The van der Waals surface area contributed by atoms with E-state index in [1.54, 1.807) is 0 Å².